The third-order valence-corrected chi connectivity index (χ3v) is 2.07. The average molecular weight is 287 g/mol. The van der Waals surface area contributed by atoms with Crippen molar-refractivity contribution in [2.45, 2.75) is 97.6 Å². The molecule has 0 rings (SSSR count). The van der Waals surface area contributed by atoms with E-state index >= 15 is 0 Å². The van der Waals surface area contributed by atoms with E-state index in [1.54, 1.807) is 0 Å². The third kappa shape index (κ3) is 9.60. The summed E-state index contributed by atoms with van der Waals surface area (Å²) in [6.07, 6.45) is 0.621. The van der Waals surface area contributed by atoms with E-state index in [2.05, 4.69) is 10.2 Å². The van der Waals surface area contributed by atoms with Gasteiger partial charge in [-0.15, -0.1) is 0 Å². The van der Waals surface area contributed by atoms with Crippen LogP contribution < -0.4 is 0 Å². The van der Waals surface area contributed by atoms with E-state index in [9.17, 15) is 0 Å². The lowest BCUT2D eigenvalue weighted by Crippen LogP contribution is -2.52. The largest absolute Gasteiger partial charge is 0.322 e. The van der Waals surface area contributed by atoms with E-state index in [1.807, 2.05) is 62.3 Å². The molecule has 0 aliphatic carbocycles. The second-order valence-corrected chi connectivity index (χ2v) is 8.33. The zero-order valence-electron chi connectivity index (χ0n) is 14.1. The maximum absolute atomic E-state index is 6.14. The molecule has 0 saturated carbocycles. The normalized spacial score (nSPS) is 14.8. The summed E-state index contributed by atoms with van der Waals surface area (Å²) in [5.41, 5.74) is -1.05. The van der Waals surface area contributed by atoms with Gasteiger partial charge in [0.25, 0.3) is 5.97 Å². The fourth-order valence-corrected chi connectivity index (χ4v) is 2.07. The van der Waals surface area contributed by atoms with Crippen LogP contribution >= 0.6 is 0 Å². The summed E-state index contributed by atoms with van der Waals surface area (Å²) in [6.45, 7) is 18.1. The maximum atomic E-state index is 6.14. The van der Waals surface area contributed by atoms with Gasteiger partial charge in [-0.1, -0.05) is 6.04 Å². The quantitative estimate of drug-likeness (QED) is 0.564. The fourth-order valence-electron chi connectivity index (χ4n) is 1.77. The van der Waals surface area contributed by atoms with Crippen LogP contribution in [0.3, 0.4) is 0 Å². The highest BCUT2D eigenvalue weighted by atomic mass is 28.1. The van der Waals surface area contributed by atoms with Crippen LogP contribution in [0.1, 0.15) is 68.7 Å². The molecule has 0 heterocycles. The van der Waals surface area contributed by atoms with E-state index in [1.165, 1.54) is 0 Å². The minimum Gasteiger partial charge on any atom is -0.322 e. The lowest BCUT2D eigenvalue weighted by Gasteiger charge is -2.45. The third-order valence-electron chi connectivity index (χ3n) is 1.82. The fraction of sp³-hybridized carbons (Fsp3) is 1.00. The number of rotatable bonds is 5. The van der Waals surface area contributed by atoms with E-state index < -0.39 is 5.97 Å². The smallest absolute Gasteiger partial charge is 0.284 e. The maximum Gasteiger partial charge on any atom is 0.284 e. The van der Waals surface area contributed by atoms with E-state index in [0.29, 0.717) is 6.42 Å². The molecule has 0 aromatic rings. The Labute approximate surface area is 122 Å². The van der Waals surface area contributed by atoms with Crippen molar-refractivity contribution in [2.75, 3.05) is 0 Å². The Morgan fingerprint density at radius 1 is 0.632 bits per heavy atom. The predicted octanol–water partition coefficient (Wildman–Crippen LogP) is 4.06. The van der Waals surface area contributed by atoms with Gasteiger partial charge in [0.05, 0.1) is 16.8 Å². The van der Waals surface area contributed by atoms with Crippen molar-refractivity contribution in [2.24, 2.45) is 0 Å². The first-order valence-electron chi connectivity index (χ1n) is 6.93. The van der Waals surface area contributed by atoms with Gasteiger partial charge in [-0.2, -0.15) is 0 Å². The molecular weight excluding hydrogens is 256 g/mol. The van der Waals surface area contributed by atoms with Gasteiger partial charge < -0.3 is 14.2 Å². The highest BCUT2D eigenvalue weighted by Crippen LogP contribution is 2.35. The topological polar surface area (TPSA) is 27.7 Å². The Bertz CT molecular complexity index is 228. The molecule has 0 saturated heterocycles. The van der Waals surface area contributed by atoms with Crippen LogP contribution in [-0.4, -0.2) is 33.0 Å². The first kappa shape index (κ1) is 19.1. The minimum absolute atomic E-state index is 0.349. The summed E-state index contributed by atoms with van der Waals surface area (Å²) in [5, 5.41) is 0. The molecule has 0 bridgehead atoms. The van der Waals surface area contributed by atoms with Crippen molar-refractivity contribution in [1.29, 1.82) is 0 Å². The van der Waals surface area contributed by atoms with Gasteiger partial charge in [0, 0.05) is 16.7 Å². The predicted molar refractivity (Wildman–Crippen MR) is 80.4 cm³/mol. The average Bonchev–Trinajstić information content (AvgIpc) is 1.90. The zero-order valence-corrected chi connectivity index (χ0v) is 15.1. The molecule has 0 atom stereocenters. The van der Waals surface area contributed by atoms with Gasteiger partial charge in [0.15, 0.2) is 0 Å². The second-order valence-electron chi connectivity index (χ2n) is 7.83. The van der Waals surface area contributed by atoms with Crippen molar-refractivity contribution in [3.05, 3.63) is 0 Å². The van der Waals surface area contributed by atoms with Crippen molar-refractivity contribution >= 4 is 10.2 Å². The molecule has 0 unspecified atom stereocenters. The molecule has 0 N–H and O–H groups in total. The molecule has 3 nitrogen and oxygen atoms in total. The van der Waals surface area contributed by atoms with Gasteiger partial charge in [0.1, 0.15) is 0 Å². The molecule has 0 aliphatic rings. The highest BCUT2D eigenvalue weighted by Gasteiger charge is 2.43. The highest BCUT2D eigenvalue weighted by molar-refractivity contribution is 6.08. The molecular formula is C15H31O3Si. The van der Waals surface area contributed by atoms with Gasteiger partial charge in [0.2, 0.25) is 0 Å². The van der Waals surface area contributed by atoms with Crippen molar-refractivity contribution in [3.63, 3.8) is 0 Å². The molecule has 0 aromatic heterocycles. The summed E-state index contributed by atoms with van der Waals surface area (Å²) in [4.78, 5) is 0. The lowest BCUT2D eigenvalue weighted by molar-refractivity contribution is -0.447. The molecule has 0 aromatic carbocycles. The van der Waals surface area contributed by atoms with Crippen molar-refractivity contribution in [3.8, 4) is 0 Å². The van der Waals surface area contributed by atoms with Crippen LogP contribution in [0.5, 0.6) is 0 Å². The van der Waals surface area contributed by atoms with Crippen molar-refractivity contribution < 1.29 is 14.2 Å². The zero-order chi connectivity index (χ0) is 15.5. The van der Waals surface area contributed by atoms with E-state index in [4.69, 9.17) is 14.2 Å². The Hall–Kier alpha value is 0.0969. The Morgan fingerprint density at radius 3 is 1.05 bits per heavy atom. The van der Waals surface area contributed by atoms with Crippen molar-refractivity contribution in [1.82, 2.24) is 0 Å². The second kappa shape index (κ2) is 6.25. The molecule has 4 heteroatoms. The van der Waals surface area contributed by atoms with Crippen LogP contribution in [0.15, 0.2) is 0 Å². The SMILES string of the molecule is CC(C)(C)OC(CC[Si])(OC(C)(C)C)OC(C)(C)C. The number of hydrogen-bond donors (Lipinski definition) is 0. The monoisotopic (exact) mass is 287 g/mol. The molecule has 113 valence electrons. The Balaban J connectivity index is 5.34. The standard InChI is InChI=1S/C15H31O3Si/c1-12(2,3)16-15(10-11-19,17-13(4,5)6)18-14(7,8)9/h10-11H2,1-9H3. The number of ether oxygens (including phenoxy) is 3. The molecule has 3 radical (unpaired) electrons. The summed E-state index contributed by atoms with van der Waals surface area (Å²) >= 11 is 0. The Kier molecular flexibility index (Phi) is 6.28. The Morgan fingerprint density at radius 2 is 0.895 bits per heavy atom. The molecule has 0 fully saturated rings. The van der Waals surface area contributed by atoms with E-state index in [0.717, 1.165) is 6.04 Å². The minimum atomic E-state index is -1.05. The van der Waals surface area contributed by atoms with Crippen LogP contribution in [0, 0.1) is 0 Å². The number of hydrogen-bond acceptors (Lipinski definition) is 3. The molecule has 0 amide bonds. The summed E-state index contributed by atoms with van der Waals surface area (Å²) in [6, 6.07) is 0.738. The first-order chi connectivity index (χ1) is 8.18. The van der Waals surface area contributed by atoms with Gasteiger partial charge >= 0.3 is 0 Å². The van der Waals surface area contributed by atoms with Gasteiger partial charge in [-0.3, -0.25) is 0 Å². The van der Waals surface area contributed by atoms with Crippen LogP contribution in [0.4, 0.5) is 0 Å². The molecule has 0 spiro atoms. The summed E-state index contributed by atoms with van der Waals surface area (Å²) in [7, 11) is 3.52. The molecule has 0 aliphatic heterocycles. The lowest BCUT2D eigenvalue weighted by atomic mass is 10.1. The van der Waals surface area contributed by atoms with Crippen LogP contribution in [-0.2, 0) is 14.2 Å². The van der Waals surface area contributed by atoms with E-state index in [-0.39, 0.29) is 16.8 Å². The molecule has 19 heavy (non-hydrogen) atoms. The van der Waals surface area contributed by atoms with Gasteiger partial charge in [-0.05, 0) is 62.3 Å². The van der Waals surface area contributed by atoms with Gasteiger partial charge in [-0.25, -0.2) is 0 Å². The summed E-state index contributed by atoms with van der Waals surface area (Å²) < 4.78 is 18.4. The van der Waals surface area contributed by atoms with Crippen LogP contribution in [0.2, 0.25) is 6.04 Å². The first-order valence-corrected chi connectivity index (χ1v) is 7.64. The van der Waals surface area contributed by atoms with Crippen LogP contribution in [0.25, 0.3) is 0 Å². The summed E-state index contributed by atoms with van der Waals surface area (Å²) in [5.74, 6) is -1.05.